The zero-order valence-electron chi connectivity index (χ0n) is 9.75. The number of hydrogen-bond donors (Lipinski definition) is 1. The second-order valence-electron chi connectivity index (χ2n) is 4.26. The van der Waals surface area contributed by atoms with Crippen LogP contribution in [0.1, 0.15) is 11.1 Å². The quantitative estimate of drug-likeness (QED) is 0.819. The van der Waals surface area contributed by atoms with Gasteiger partial charge < -0.3 is 5.32 Å². The molecule has 2 aromatic rings. The molecule has 0 radical (unpaired) electrons. The van der Waals surface area contributed by atoms with E-state index >= 15 is 0 Å². The van der Waals surface area contributed by atoms with Crippen LogP contribution in [0.4, 0.5) is 14.6 Å². The lowest BCUT2D eigenvalue weighted by atomic mass is 9.92. The summed E-state index contributed by atoms with van der Waals surface area (Å²) >= 11 is 12.3. The fourth-order valence-electron chi connectivity index (χ4n) is 2.14. The number of pyridine rings is 1. The normalized spacial score (nSPS) is 20.7. The van der Waals surface area contributed by atoms with Gasteiger partial charge in [0.25, 0.3) is 5.91 Å². The number of amides is 1. The lowest BCUT2D eigenvalue weighted by Gasteiger charge is -2.20. The second kappa shape index (κ2) is 4.40. The number of carbonyl (C=O) groups is 1. The Morgan fingerprint density at radius 1 is 1.20 bits per heavy atom. The van der Waals surface area contributed by atoms with Crippen LogP contribution < -0.4 is 5.32 Å². The molecule has 1 unspecified atom stereocenters. The van der Waals surface area contributed by atoms with Crippen molar-refractivity contribution < 1.29 is 13.6 Å². The molecule has 1 amide bonds. The Morgan fingerprint density at radius 2 is 1.85 bits per heavy atom. The fraction of sp³-hybridized carbons (Fsp3) is 0.0769. The maximum Gasteiger partial charge on any atom is 0.256 e. The molecule has 1 atom stereocenters. The van der Waals surface area contributed by atoms with Crippen molar-refractivity contribution in [3.05, 3.63) is 58.2 Å². The smallest absolute Gasteiger partial charge is 0.256 e. The molecule has 0 fully saturated rings. The molecule has 0 spiro atoms. The molecule has 3 nitrogen and oxygen atoms in total. The highest BCUT2D eigenvalue weighted by molar-refractivity contribution is 6.43. The summed E-state index contributed by atoms with van der Waals surface area (Å²) in [7, 11) is 0. The van der Waals surface area contributed by atoms with Gasteiger partial charge >= 0.3 is 0 Å². The highest BCUT2D eigenvalue weighted by Crippen LogP contribution is 2.48. The average molecular weight is 315 g/mol. The highest BCUT2D eigenvalue weighted by atomic mass is 35.5. The third-order valence-corrected chi connectivity index (χ3v) is 4.05. The molecule has 0 saturated heterocycles. The van der Waals surface area contributed by atoms with E-state index in [-0.39, 0.29) is 22.0 Å². The number of halogens is 4. The predicted octanol–water partition coefficient (Wildman–Crippen LogP) is 3.45. The summed E-state index contributed by atoms with van der Waals surface area (Å²) < 4.78 is 26.6. The van der Waals surface area contributed by atoms with E-state index in [0.29, 0.717) is 0 Å². The van der Waals surface area contributed by atoms with Crippen LogP contribution in [0.25, 0.3) is 0 Å². The van der Waals surface area contributed by atoms with Gasteiger partial charge in [0.2, 0.25) is 0 Å². The zero-order chi connectivity index (χ0) is 14.5. The molecule has 2 heterocycles. The highest BCUT2D eigenvalue weighted by Gasteiger charge is 2.50. The van der Waals surface area contributed by atoms with E-state index in [1.54, 1.807) is 0 Å². The number of hydrogen-bond acceptors (Lipinski definition) is 2. The van der Waals surface area contributed by atoms with Gasteiger partial charge in [-0.15, -0.1) is 0 Å². The summed E-state index contributed by atoms with van der Waals surface area (Å²) in [4.78, 5) is 14.2. The van der Waals surface area contributed by atoms with Crippen LogP contribution in [0.15, 0.2) is 30.5 Å². The number of benzene rings is 1. The predicted molar refractivity (Wildman–Crippen MR) is 70.9 cm³/mol. The van der Waals surface area contributed by atoms with Gasteiger partial charge in [0.15, 0.2) is 10.7 Å². The molecule has 1 aromatic heterocycles. The second-order valence-corrected chi connectivity index (χ2v) is 5.21. The Kier molecular flexibility index (Phi) is 2.92. The molecule has 0 bridgehead atoms. The lowest BCUT2D eigenvalue weighted by Crippen LogP contribution is -2.29. The number of fused-ring (bicyclic) bond motifs is 1. The summed E-state index contributed by atoms with van der Waals surface area (Å²) in [6.07, 6.45) is 0.898. The average Bonchev–Trinajstić information content (AvgIpc) is 2.68. The van der Waals surface area contributed by atoms with E-state index in [1.165, 1.54) is 12.1 Å². The van der Waals surface area contributed by atoms with Gasteiger partial charge in [0.1, 0.15) is 11.6 Å². The molecule has 102 valence electrons. The summed E-state index contributed by atoms with van der Waals surface area (Å²) in [6.45, 7) is 0. The summed E-state index contributed by atoms with van der Waals surface area (Å²) in [6, 6.07) is 5.01. The van der Waals surface area contributed by atoms with Gasteiger partial charge in [-0.1, -0.05) is 35.3 Å². The number of nitrogens with one attached hydrogen (secondary N) is 1. The van der Waals surface area contributed by atoms with Gasteiger partial charge in [-0.25, -0.2) is 13.8 Å². The minimum Gasteiger partial charge on any atom is -0.308 e. The summed E-state index contributed by atoms with van der Waals surface area (Å²) in [5.74, 6) is -1.77. The number of anilines is 1. The van der Waals surface area contributed by atoms with Gasteiger partial charge in [0, 0.05) is 0 Å². The Hall–Kier alpha value is -1.72. The van der Waals surface area contributed by atoms with E-state index in [9.17, 15) is 13.6 Å². The molecule has 20 heavy (non-hydrogen) atoms. The van der Waals surface area contributed by atoms with Crippen molar-refractivity contribution in [1.29, 1.82) is 0 Å². The van der Waals surface area contributed by atoms with Crippen molar-refractivity contribution in [2.75, 3.05) is 5.32 Å². The van der Waals surface area contributed by atoms with Crippen molar-refractivity contribution in [3.8, 4) is 0 Å². The van der Waals surface area contributed by atoms with Crippen LogP contribution in [0.5, 0.6) is 0 Å². The third kappa shape index (κ3) is 1.70. The van der Waals surface area contributed by atoms with Crippen LogP contribution in [0.2, 0.25) is 5.02 Å². The third-order valence-electron chi connectivity index (χ3n) is 3.10. The maximum atomic E-state index is 13.6. The number of aromatic nitrogens is 1. The number of alkyl halides is 1. The first-order valence-electron chi connectivity index (χ1n) is 5.55. The van der Waals surface area contributed by atoms with E-state index in [2.05, 4.69) is 10.3 Å². The van der Waals surface area contributed by atoms with Crippen molar-refractivity contribution in [3.63, 3.8) is 0 Å². The molecule has 0 aliphatic carbocycles. The molecule has 1 aliphatic heterocycles. The molecule has 1 aromatic carbocycles. The Labute approximate surface area is 122 Å². The summed E-state index contributed by atoms with van der Waals surface area (Å²) in [5, 5.41) is 2.16. The molecular weight excluding hydrogens is 309 g/mol. The molecule has 0 saturated carbocycles. The van der Waals surface area contributed by atoms with Crippen LogP contribution in [-0.4, -0.2) is 10.9 Å². The maximum absolute atomic E-state index is 13.6. The van der Waals surface area contributed by atoms with Crippen LogP contribution in [0, 0.1) is 11.6 Å². The topological polar surface area (TPSA) is 42.0 Å². The molecular formula is C13H6Cl2F2N2O. The fourth-order valence-corrected chi connectivity index (χ4v) is 2.82. The van der Waals surface area contributed by atoms with Crippen LogP contribution in [0.3, 0.4) is 0 Å². The first kappa shape index (κ1) is 13.3. The SMILES string of the molecule is O=C1Nc2ncc(F)c(Cl)c2C1(Cl)c1ccc(F)cc1. The largest absolute Gasteiger partial charge is 0.308 e. The number of carbonyl (C=O) groups excluding carboxylic acids is 1. The number of rotatable bonds is 1. The summed E-state index contributed by atoms with van der Waals surface area (Å²) in [5.41, 5.74) is 0.323. The van der Waals surface area contributed by atoms with Crippen molar-refractivity contribution in [2.24, 2.45) is 0 Å². The van der Waals surface area contributed by atoms with E-state index in [0.717, 1.165) is 18.3 Å². The van der Waals surface area contributed by atoms with E-state index in [4.69, 9.17) is 23.2 Å². The minimum atomic E-state index is -1.73. The Bertz CT molecular complexity index is 721. The van der Waals surface area contributed by atoms with E-state index < -0.39 is 22.4 Å². The van der Waals surface area contributed by atoms with Gasteiger partial charge in [-0.05, 0) is 17.7 Å². The van der Waals surface area contributed by atoms with Crippen LogP contribution in [-0.2, 0) is 9.67 Å². The van der Waals surface area contributed by atoms with Gasteiger partial charge in [-0.2, -0.15) is 0 Å². The minimum absolute atomic E-state index is 0.0393. The van der Waals surface area contributed by atoms with Crippen molar-refractivity contribution >= 4 is 34.9 Å². The zero-order valence-corrected chi connectivity index (χ0v) is 11.3. The first-order chi connectivity index (χ1) is 9.44. The number of nitrogens with zero attached hydrogens (tertiary/aromatic N) is 1. The van der Waals surface area contributed by atoms with Gasteiger partial charge in [0.05, 0.1) is 16.8 Å². The Balaban J connectivity index is 2.27. The molecule has 1 aliphatic rings. The van der Waals surface area contributed by atoms with Crippen molar-refractivity contribution in [2.45, 2.75) is 4.87 Å². The van der Waals surface area contributed by atoms with E-state index in [1.807, 2.05) is 0 Å². The van der Waals surface area contributed by atoms with Crippen molar-refractivity contribution in [1.82, 2.24) is 4.98 Å². The monoisotopic (exact) mass is 314 g/mol. The molecule has 1 N–H and O–H groups in total. The Morgan fingerprint density at radius 3 is 2.50 bits per heavy atom. The molecule has 7 heteroatoms. The first-order valence-corrected chi connectivity index (χ1v) is 6.31. The standard InChI is InChI=1S/C13H6Cl2F2N2O/c14-10-8(17)5-18-11-9(10)13(15,12(20)19-11)6-1-3-7(16)4-2-6/h1-5H,(H,18,19,20). The van der Waals surface area contributed by atoms with Gasteiger partial charge in [-0.3, -0.25) is 4.79 Å². The van der Waals surface area contributed by atoms with Crippen LogP contribution >= 0.6 is 23.2 Å². The lowest BCUT2D eigenvalue weighted by molar-refractivity contribution is -0.117. The molecule has 3 rings (SSSR count).